The lowest BCUT2D eigenvalue weighted by Gasteiger charge is -2.35. The standard InChI is InChI=1S/C21H26N4O4/c1-3-29-21(27)11-10-20(26)25-14-12-24(13-15-25)19-9-8-18(22-23-19)16-4-6-17(28-2)7-5-16/h4-9H,3,10-15H2,1-2H3. The van der Waals surface area contributed by atoms with Gasteiger partial charge in [0.2, 0.25) is 5.91 Å². The maximum absolute atomic E-state index is 12.3. The van der Waals surface area contributed by atoms with Gasteiger partial charge in [0.25, 0.3) is 0 Å². The topological polar surface area (TPSA) is 84.9 Å². The normalized spacial score (nSPS) is 13.9. The van der Waals surface area contributed by atoms with Crippen LogP contribution in [0.4, 0.5) is 5.82 Å². The Labute approximate surface area is 170 Å². The van der Waals surface area contributed by atoms with Gasteiger partial charge in [-0.05, 0) is 43.3 Å². The quantitative estimate of drug-likeness (QED) is 0.661. The van der Waals surface area contributed by atoms with Crippen molar-refractivity contribution in [1.82, 2.24) is 15.1 Å². The second kappa shape index (κ2) is 9.86. The molecule has 2 heterocycles. The van der Waals surface area contributed by atoms with Gasteiger partial charge in [0, 0.05) is 38.2 Å². The first kappa shape index (κ1) is 20.6. The molecule has 3 rings (SSSR count). The molecule has 0 spiro atoms. The molecule has 0 radical (unpaired) electrons. The van der Waals surface area contributed by atoms with Crippen molar-refractivity contribution in [2.24, 2.45) is 0 Å². The molecule has 0 unspecified atom stereocenters. The molecule has 29 heavy (non-hydrogen) atoms. The molecule has 1 fully saturated rings. The van der Waals surface area contributed by atoms with Gasteiger partial charge in [0.1, 0.15) is 5.75 Å². The molecule has 1 aromatic heterocycles. The van der Waals surface area contributed by atoms with Crippen LogP contribution in [0.15, 0.2) is 36.4 Å². The van der Waals surface area contributed by atoms with E-state index in [2.05, 4.69) is 15.1 Å². The molecule has 1 amide bonds. The number of hydrogen-bond acceptors (Lipinski definition) is 7. The maximum Gasteiger partial charge on any atom is 0.306 e. The van der Waals surface area contributed by atoms with Gasteiger partial charge in [0.05, 0.1) is 25.8 Å². The van der Waals surface area contributed by atoms with Gasteiger partial charge in [-0.2, -0.15) is 0 Å². The zero-order chi connectivity index (χ0) is 20.6. The van der Waals surface area contributed by atoms with E-state index >= 15 is 0 Å². The number of esters is 1. The van der Waals surface area contributed by atoms with Crippen LogP contribution in [0.3, 0.4) is 0 Å². The van der Waals surface area contributed by atoms with E-state index in [4.69, 9.17) is 9.47 Å². The van der Waals surface area contributed by atoms with Crippen molar-refractivity contribution in [2.75, 3.05) is 44.8 Å². The fraction of sp³-hybridized carbons (Fsp3) is 0.429. The average Bonchev–Trinajstić information content (AvgIpc) is 2.78. The Bertz CT molecular complexity index is 816. The third-order valence-corrected chi connectivity index (χ3v) is 4.84. The second-order valence-corrected chi connectivity index (χ2v) is 6.68. The van der Waals surface area contributed by atoms with Crippen LogP contribution < -0.4 is 9.64 Å². The molecular formula is C21H26N4O4. The predicted octanol–water partition coefficient (Wildman–Crippen LogP) is 2.14. The molecule has 0 saturated carbocycles. The molecule has 8 heteroatoms. The van der Waals surface area contributed by atoms with Gasteiger partial charge in [-0.15, -0.1) is 10.2 Å². The van der Waals surface area contributed by atoms with E-state index in [1.54, 1.807) is 18.9 Å². The molecule has 8 nitrogen and oxygen atoms in total. The summed E-state index contributed by atoms with van der Waals surface area (Å²) >= 11 is 0. The Hall–Kier alpha value is -3.16. The predicted molar refractivity (Wildman–Crippen MR) is 109 cm³/mol. The molecule has 0 aliphatic carbocycles. The van der Waals surface area contributed by atoms with Gasteiger partial charge < -0.3 is 19.3 Å². The summed E-state index contributed by atoms with van der Waals surface area (Å²) in [6.07, 6.45) is 0.320. The molecule has 0 bridgehead atoms. The van der Waals surface area contributed by atoms with Crippen molar-refractivity contribution in [3.05, 3.63) is 36.4 Å². The van der Waals surface area contributed by atoms with Crippen LogP contribution in [-0.2, 0) is 14.3 Å². The average molecular weight is 398 g/mol. The lowest BCUT2D eigenvalue weighted by atomic mass is 10.1. The molecule has 1 aliphatic heterocycles. The van der Waals surface area contributed by atoms with Crippen molar-refractivity contribution in [1.29, 1.82) is 0 Å². The molecule has 1 aliphatic rings. The van der Waals surface area contributed by atoms with E-state index < -0.39 is 0 Å². The summed E-state index contributed by atoms with van der Waals surface area (Å²) in [5.74, 6) is 1.25. The molecule has 154 valence electrons. The lowest BCUT2D eigenvalue weighted by molar-refractivity contribution is -0.145. The van der Waals surface area contributed by atoms with Crippen LogP contribution in [-0.4, -0.2) is 66.9 Å². The van der Waals surface area contributed by atoms with Crippen LogP contribution >= 0.6 is 0 Å². The fourth-order valence-corrected chi connectivity index (χ4v) is 3.19. The molecule has 2 aromatic rings. The van der Waals surface area contributed by atoms with Crippen LogP contribution in [0.5, 0.6) is 5.75 Å². The zero-order valence-electron chi connectivity index (χ0n) is 16.8. The van der Waals surface area contributed by atoms with Crippen LogP contribution in [0.2, 0.25) is 0 Å². The third kappa shape index (κ3) is 5.43. The minimum Gasteiger partial charge on any atom is -0.497 e. The summed E-state index contributed by atoms with van der Waals surface area (Å²) in [4.78, 5) is 27.6. The van der Waals surface area contributed by atoms with Crippen LogP contribution in [0.25, 0.3) is 11.3 Å². The monoisotopic (exact) mass is 398 g/mol. The summed E-state index contributed by atoms with van der Waals surface area (Å²) in [6, 6.07) is 11.6. The molecular weight excluding hydrogens is 372 g/mol. The number of nitrogens with zero attached hydrogens (tertiary/aromatic N) is 4. The minimum atomic E-state index is -0.327. The van der Waals surface area contributed by atoms with Crippen molar-refractivity contribution in [3.8, 4) is 17.0 Å². The highest BCUT2D eigenvalue weighted by Gasteiger charge is 2.22. The van der Waals surface area contributed by atoms with E-state index in [0.29, 0.717) is 32.8 Å². The van der Waals surface area contributed by atoms with E-state index in [-0.39, 0.29) is 24.7 Å². The van der Waals surface area contributed by atoms with E-state index in [9.17, 15) is 9.59 Å². The summed E-state index contributed by atoms with van der Waals surface area (Å²) in [7, 11) is 1.64. The third-order valence-electron chi connectivity index (χ3n) is 4.84. The smallest absolute Gasteiger partial charge is 0.306 e. The molecule has 0 N–H and O–H groups in total. The van der Waals surface area contributed by atoms with Gasteiger partial charge in [0.15, 0.2) is 5.82 Å². The van der Waals surface area contributed by atoms with Gasteiger partial charge >= 0.3 is 5.97 Å². The van der Waals surface area contributed by atoms with E-state index in [1.807, 2.05) is 36.4 Å². The number of benzene rings is 1. The second-order valence-electron chi connectivity index (χ2n) is 6.68. The Morgan fingerprint density at radius 1 is 0.966 bits per heavy atom. The molecule has 1 aromatic carbocycles. The van der Waals surface area contributed by atoms with E-state index in [0.717, 1.165) is 22.8 Å². The fourth-order valence-electron chi connectivity index (χ4n) is 3.19. The summed E-state index contributed by atoms with van der Waals surface area (Å²) in [5.41, 5.74) is 1.77. The molecule has 0 atom stereocenters. The number of ether oxygens (including phenoxy) is 2. The Morgan fingerprint density at radius 3 is 2.28 bits per heavy atom. The zero-order valence-corrected chi connectivity index (χ0v) is 16.8. The van der Waals surface area contributed by atoms with Gasteiger partial charge in [-0.1, -0.05) is 0 Å². The Morgan fingerprint density at radius 2 is 1.69 bits per heavy atom. The Balaban J connectivity index is 1.51. The lowest BCUT2D eigenvalue weighted by Crippen LogP contribution is -2.49. The number of carbonyl (C=O) groups excluding carboxylic acids is 2. The molecule has 1 saturated heterocycles. The first-order valence-electron chi connectivity index (χ1n) is 9.77. The SMILES string of the molecule is CCOC(=O)CCC(=O)N1CCN(c2ccc(-c3ccc(OC)cc3)nn2)CC1. The van der Waals surface area contributed by atoms with E-state index in [1.165, 1.54) is 0 Å². The van der Waals surface area contributed by atoms with Crippen molar-refractivity contribution in [3.63, 3.8) is 0 Å². The maximum atomic E-state index is 12.3. The van der Waals surface area contributed by atoms with Crippen molar-refractivity contribution in [2.45, 2.75) is 19.8 Å². The number of amides is 1. The highest BCUT2D eigenvalue weighted by atomic mass is 16.5. The number of piperazine rings is 1. The first-order valence-corrected chi connectivity index (χ1v) is 9.77. The Kier molecular flexibility index (Phi) is 6.99. The highest BCUT2D eigenvalue weighted by Crippen LogP contribution is 2.22. The summed E-state index contributed by atoms with van der Waals surface area (Å²) in [6.45, 7) is 4.66. The van der Waals surface area contributed by atoms with Crippen LogP contribution in [0.1, 0.15) is 19.8 Å². The van der Waals surface area contributed by atoms with Crippen molar-refractivity contribution < 1.29 is 19.1 Å². The van der Waals surface area contributed by atoms with Crippen LogP contribution in [0, 0.1) is 0 Å². The minimum absolute atomic E-state index is 0.0151. The number of aromatic nitrogens is 2. The highest BCUT2D eigenvalue weighted by molar-refractivity contribution is 5.81. The number of rotatable bonds is 7. The van der Waals surface area contributed by atoms with Gasteiger partial charge in [-0.25, -0.2) is 0 Å². The number of anilines is 1. The van der Waals surface area contributed by atoms with Gasteiger partial charge in [-0.3, -0.25) is 9.59 Å². The number of hydrogen-bond donors (Lipinski definition) is 0. The largest absolute Gasteiger partial charge is 0.497 e. The number of carbonyl (C=O) groups is 2. The number of methoxy groups -OCH3 is 1. The summed E-state index contributed by atoms with van der Waals surface area (Å²) in [5, 5.41) is 8.69. The van der Waals surface area contributed by atoms with Crippen molar-refractivity contribution >= 4 is 17.7 Å². The summed E-state index contributed by atoms with van der Waals surface area (Å²) < 4.78 is 10.0. The first-order chi connectivity index (χ1) is 14.1.